The van der Waals surface area contributed by atoms with Gasteiger partial charge < -0.3 is 20.1 Å². The van der Waals surface area contributed by atoms with Crippen molar-refractivity contribution in [3.8, 4) is 0 Å². The van der Waals surface area contributed by atoms with Gasteiger partial charge in [0.1, 0.15) is 0 Å². The number of aliphatic imine (C=N–C) groups is 1. The molecule has 2 N–H and O–H groups in total. The molecule has 2 atom stereocenters. The van der Waals surface area contributed by atoms with Crippen LogP contribution in [-0.2, 0) is 9.47 Å². The normalized spacial score (nSPS) is 27.1. The van der Waals surface area contributed by atoms with Gasteiger partial charge >= 0.3 is 0 Å². The summed E-state index contributed by atoms with van der Waals surface area (Å²) < 4.78 is 12.0. The van der Waals surface area contributed by atoms with Gasteiger partial charge in [-0.1, -0.05) is 19.3 Å². The summed E-state index contributed by atoms with van der Waals surface area (Å²) in [5.74, 6) is 0.900. The number of morpholine rings is 1. The second-order valence-electron chi connectivity index (χ2n) is 7.88. The number of rotatable bonds is 8. The van der Waals surface area contributed by atoms with Gasteiger partial charge in [-0.25, -0.2) is 0 Å². The van der Waals surface area contributed by atoms with E-state index in [2.05, 4.69) is 22.5 Å². The van der Waals surface area contributed by atoms with Crippen molar-refractivity contribution < 1.29 is 9.47 Å². The molecular formula is C20H39IN4O2. The number of hydrogen-bond donors (Lipinski definition) is 2. The molecule has 3 fully saturated rings. The first kappa shape index (κ1) is 23.2. The third kappa shape index (κ3) is 8.03. The van der Waals surface area contributed by atoms with E-state index in [-0.39, 0.29) is 30.1 Å². The molecule has 27 heavy (non-hydrogen) atoms. The van der Waals surface area contributed by atoms with Gasteiger partial charge in [-0.05, 0) is 45.6 Å². The number of nitrogens with one attached hydrogen (secondary N) is 2. The maximum Gasteiger partial charge on any atom is 0.191 e. The molecule has 0 aromatic rings. The summed E-state index contributed by atoms with van der Waals surface area (Å²) in [5, 5.41) is 6.77. The molecule has 0 aromatic carbocycles. The van der Waals surface area contributed by atoms with Crippen LogP contribution in [0.5, 0.6) is 0 Å². The van der Waals surface area contributed by atoms with Gasteiger partial charge in [0.25, 0.3) is 0 Å². The highest BCUT2D eigenvalue weighted by molar-refractivity contribution is 14.0. The molecular weight excluding hydrogens is 455 g/mol. The van der Waals surface area contributed by atoms with Crippen molar-refractivity contribution >= 4 is 29.9 Å². The Labute approximate surface area is 182 Å². The average Bonchev–Trinajstić information content (AvgIpc) is 3.14. The quantitative estimate of drug-likeness (QED) is 0.235. The number of guanidine groups is 1. The molecule has 0 radical (unpaired) electrons. The highest BCUT2D eigenvalue weighted by Gasteiger charge is 2.31. The van der Waals surface area contributed by atoms with E-state index in [9.17, 15) is 0 Å². The van der Waals surface area contributed by atoms with Gasteiger partial charge in [-0.3, -0.25) is 9.89 Å². The van der Waals surface area contributed by atoms with E-state index < -0.39 is 0 Å². The van der Waals surface area contributed by atoms with Crippen LogP contribution in [0.25, 0.3) is 0 Å². The maximum atomic E-state index is 6.01. The molecule has 1 aliphatic carbocycles. The fraction of sp³-hybridized carbons (Fsp3) is 0.950. The van der Waals surface area contributed by atoms with Crippen LogP contribution in [-0.4, -0.2) is 75.0 Å². The number of ether oxygens (including phenoxy) is 2. The van der Waals surface area contributed by atoms with Gasteiger partial charge in [0.05, 0.1) is 25.4 Å². The predicted molar refractivity (Wildman–Crippen MR) is 121 cm³/mol. The highest BCUT2D eigenvalue weighted by atomic mass is 127. The summed E-state index contributed by atoms with van der Waals surface area (Å²) >= 11 is 0. The average molecular weight is 494 g/mol. The van der Waals surface area contributed by atoms with Crippen LogP contribution in [0.4, 0.5) is 0 Å². The van der Waals surface area contributed by atoms with E-state index in [0.29, 0.717) is 12.1 Å². The van der Waals surface area contributed by atoms with Gasteiger partial charge in [-0.15, -0.1) is 24.0 Å². The molecule has 0 amide bonds. The standard InChI is InChI=1S/C20H38N4O2.HI/c1-2-21-20(22-11-7-13-25-18-9-4-3-5-10-18)23-14-19-15-24-12-6-8-17(24)16-26-19;/h17-19H,2-16H2,1H3,(H2,21,22,23);1H. The lowest BCUT2D eigenvalue weighted by Crippen LogP contribution is -2.47. The lowest BCUT2D eigenvalue weighted by atomic mass is 9.98. The van der Waals surface area contributed by atoms with Crippen molar-refractivity contribution in [3.05, 3.63) is 0 Å². The van der Waals surface area contributed by atoms with Gasteiger partial charge in [0.15, 0.2) is 5.96 Å². The van der Waals surface area contributed by atoms with Crippen LogP contribution in [0.15, 0.2) is 4.99 Å². The summed E-state index contributed by atoms with van der Waals surface area (Å²) in [6.07, 6.45) is 10.9. The number of halogens is 1. The molecule has 2 unspecified atom stereocenters. The second-order valence-corrected chi connectivity index (χ2v) is 7.88. The highest BCUT2D eigenvalue weighted by Crippen LogP contribution is 2.22. The zero-order valence-corrected chi connectivity index (χ0v) is 19.3. The molecule has 7 heteroatoms. The van der Waals surface area contributed by atoms with Gasteiger partial charge in [-0.2, -0.15) is 0 Å². The smallest absolute Gasteiger partial charge is 0.191 e. The Morgan fingerprint density at radius 1 is 1.15 bits per heavy atom. The van der Waals surface area contributed by atoms with E-state index in [4.69, 9.17) is 14.5 Å². The van der Waals surface area contributed by atoms with Gasteiger partial charge in [0, 0.05) is 32.3 Å². The van der Waals surface area contributed by atoms with Crippen LogP contribution in [0, 0.1) is 0 Å². The minimum absolute atomic E-state index is 0. The molecule has 3 aliphatic rings. The molecule has 0 aromatic heterocycles. The van der Waals surface area contributed by atoms with Crippen LogP contribution in [0.2, 0.25) is 0 Å². The van der Waals surface area contributed by atoms with E-state index >= 15 is 0 Å². The lowest BCUT2D eigenvalue weighted by molar-refractivity contribution is -0.0432. The van der Waals surface area contributed by atoms with E-state index in [1.807, 2.05) is 0 Å². The minimum Gasteiger partial charge on any atom is -0.378 e. The van der Waals surface area contributed by atoms with Crippen LogP contribution < -0.4 is 10.6 Å². The van der Waals surface area contributed by atoms with Crippen molar-refractivity contribution in [2.45, 2.75) is 76.5 Å². The number of hydrogen-bond acceptors (Lipinski definition) is 4. The third-order valence-corrected chi connectivity index (χ3v) is 5.78. The van der Waals surface area contributed by atoms with Crippen LogP contribution >= 0.6 is 24.0 Å². The van der Waals surface area contributed by atoms with Gasteiger partial charge in [0.2, 0.25) is 0 Å². The Hall–Kier alpha value is -0.120. The zero-order valence-electron chi connectivity index (χ0n) is 17.0. The van der Waals surface area contributed by atoms with Crippen LogP contribution in [0.1, 0.15) is 58.3 Å². The zero-order chi connectivity index (χ0) is 18.0. The van der Waals surface area contributed by atoms with Crippen molar-refractivity contribution in [2.75, 3.05) is 45.9 Å². The first-order valence-corrected chi connectivity index (χ1v) is 10.8. The molecule has 2 heterocycles. The number of nitrogens with zero attached hydrogens (tertiary/aromatic N) is 2. The molecule has 6 nitrogen and oxygen atoms in total. The minimum atomic E-state index is 0. The second kappa shape index (κ2) is 13.2. The first-order chi connectivity index (χ1) is 12.8. The Morgan fingerprint density at radius 3 is 2.81 bits per heavy atom. The molecule has 0 spiro atoms. The van der Waals surface area contributed by atoms with Crippen molar-refractivity contribution in [1.29, 1.82) is 0 Å². The molecule has 3 rings (SSSR count). The SMILES string of the molecule is CCNC(=NCC1CN2CCCC2CO1)NCCCOC1CCCCC1.I. The molecule has 0 bridgehead atoms. The lowest BCUT2D eigenvalue weighted by Gasteiger charge is -2.34. The largest absolute Gasteiger partial charge is 0.378 e. The fourth-order valence-electron chi connectivity index (χ4n) is 4.29. The van der Waals surface area contributed by atoms with Crippen molar-refractivity contribution in [3.63, 3.8) is 0 Å². The molecule has 158 valence electrons. The third-order valence-electron chi connectivity index (χ3n) is 5.78. The van der Waals surface area contributed by atoms with E-state index in [1.165, 1.54) is 51.5 Å². The Bertz CT molecular complexity index is 432. The monoisotopic (exact) mass is 494 g/mol. The molecule has 1 saturated carbocycles. The Kier molecular flexibility index (Phi) is 11.3. The fourth-order valence-corrected chi connectivity index (χ4v) is 4.29. The predicted octanol–water partition coefficient (Wildman–Crippen LogP) is 2.76. The summed E-state index contributed by atoms with van der Waals surface area (Å²) in [6, 6.07) is 0.658. The summed E-state index contributed by atoms with van der Waals surface area (Å²) in [4.78, 5) is 7.32. The Morgan fingerprint density at radius 2 is 2.00 bits per heavy atom. The van der Waals surface area contributed by atoms with Crippen LogP contribution in [0.3, 0.4) is 0 Å². The van der Waals surface area contributed by atoms with E-state index in [1.54, 1.807) is 0 Å². The maximum absolute atomic E-state index is 6.01. The first-order valence-electron chi connectivity index (χ1n) is 10.8. The topological polar surface area (TPSA) is 58.1 Å². The number of fused-ring (bicyclic) bond motifs is 1. The summed E-state index contributed by atoms with van der Waals surface area (Å²) in [5.41, 5.74) is 0. The molecule has 2 aliphatic heterocycles. The van der Waals surface area contributed by atoms with Crippen molar-refractivity contribution in [1.82, 2.24) is 15.5 Å². The molecule has 2 saturated heterocycles. The Balaban J connectivity index is 0.00000261. The van der Waals surface area contributed by atoms with E-state index in [0.717, 1.165) is 51.8 Å². The summed E-state index contributed by atoms with van der Waals surface area (Å²) in [7, 11) is 0. The summed E-state index contributed by atoms with van der Waals surface area (Å²) in [6.45, 7) is 8.60. The van der Waals surface area contributed by atoms with Crippen molar-refractivity contribution in [2.24, 2.45) is 4.99 Å².